The number of hydrogen-bond donors (Lipinski definition) is 1. The zero-order chi connectivity index (χ0) is 13.9. The molecule has 1 aromatic carbocycles. The normalized spacial score (nSPS) is 25.9. The lowest BCUT2D eigenvalue weighted by atomic mass is 9.96. The number of amides is 1. The van der Waals surface area contributed by atoms with Crippen LogP contribution in [0.1, 0.15) is 30.1 Å². The highest BCUT2D eigenvalue weighted by atomic mass is 16.5. The van der Waals surface area contributed by atoms with Crippen LogP contribution in [0.3, 0.4) is 0 Å². The first-order chi connectivity index (χ1) is 9.77. The van der Waals surface area contributed by atoms with Gasteiger partial charge in [-0.1, -0.05) is 24.3 Å². The fourth-order valence-corrected chi connectivity index (χ4v) is 3.13. The number of hydrogen-bond acceptors (Lipinski definition) is 3. The number of piperidine rings is 1. The van der Waals surface area contributed by atoms with Crippen LogP contribution in [0.4, 0.5) is 0 Å². The van der Waals surface area contributed by atoms with Crippen LogP contribution in [0, 0.1) is 0 Å². The Kier molecular flexibility index (Phi) is 4.03. The number of fused-ring (bicyclic) bond motifs is 1. The Morgan fingerprint density at radius 3 is 3.05 bits per heavy atom. The van der Waals surface area contributed by atoms with Gasteiger partial charge >= 0.3 is 0 Å². The molecule has 1 fully saturated rings. The summed E-state index contributed by atoms with van der Waals surface area (Å²) in [5.41, 5.74) is 2.28. The molecular weight excluding hydrogens is 252 g/mol. The van der Waals surface area contributed by atoms with E-state index in [0.29, 0.717) is 6.61 Å². The van der Waals surface area contributed by atoms with E-state index in [1.54, 1.807) is 0 Å². The molecule has 1 aromatic rings. The van der Waals surface area contributed by atoms with Gasteiger partial charge in [0.15, 0.2) is 6.10 Å². The third-order valence-corrected chi connectivity index (χ3v) is 4.38. The summed E-state index contributed by atoms with van der Waals surface area (Å²) in [6.45, 7) is 2.57. The Morgan fingerprint density at radius 1 is 1.40 bits per heavy atom. The van der Waals surface area contributed by atoms with Gasteiger partial charge < -0.3 is 15.0 Å². The van der Waals surface area contributed by atoms with Crippen LogP contribution in [0.15, 0.2) is 24.3 Å². The van der Waals surface area contributed by atoms with Crippen molar-refractivity contribution in [3.8, 4) is 0 Å². The average Bonchev–Trinajstić information content (AvgIpc) is 2.54. The maximum atomic E-state index is 12.7. The molecule has 0 bridgehead atoms. The molecule has 2 atom stereocenters. The van der Waals surface area contributed by atoms with Gasteiger partial charge in [-0.05, 0) is 36.9 Å². The highest BCUT2D eigenvalue weighted by Crippen LogP contribution is 2.29. The van der Waals surface area contributed by atoms with Crippen LogP contribution in [-0.4, -0.2) is 43.6 Å². The molecule has 1 amide bonds. The molecule has 2 aliphatic rings. The zero-order valence-electron chi connectivity index (χ0n) is 12.0. The standard InChI is InChI=1S/C16H22N2O2/c1-18(13-6-4-9-17-11-13)16(19)15-14-7-3-2-5-12(14)8-10-20-15/h2-3,5,7,13,15,17H,4,6,8-11H2,1H3. The SMILES string of the molecule is CN(C(=O)C1OCCc2ccccc21)C1CCCNC1. The number of nitrogens with zero attached hydrogens (tertiary/aromatic N) is 1. The first-order valence-corrected chi connectivity index (χ1v) is 7.44. The minimum absolute atomic E-state index is 0.0887. The van der Waals surface area contributed by atoms with E-state index in [1.807, 2.05) is 30.1 Å². The van der Waals surface area contributed by atoms with Gasteiger partial charge in [0.2, 0.25) is 0 Å². The summed E-state index contributed by atoms with van der Waals surface area (Å²) in [5, 5.41) is 3.36. The van der Waals surface area contributed by atoms with Crippen LogP contribution >= 0.6 is 0 Å². The van der Waals surface area contributed by atoms with Gasteiger partial charge in [0.25, 0.3) is 5.91 Å². The van der Waals surface area contributed by atoms with Gasteiger partial charge in [0.05, 0.1) is 6.61 Å². The summed E-state index contributed by atoms with van der Waals surface area (Å²) >= 11 is 0. The molecule has 20 heavy (non-hydrogen) atoms. The topological polar surface area (TPSA) is 41.6 Å². The fraction of sp³-hybridized carbons (Fsp3) is 0.562. The zero-order valence-corrected chi connectivity index (χ0v) is 12.0. The Balaban J connectivity index is 1.77. The van der Waals surface area contributed by atoms with Crippen LogP contribution in [0.5, 0.6) is 0 Å². The molecule has 0 aliphatic carbocycles. The van der Waals surface area contributed by atoms with Crippen molar-refractivity contribution < 1.29 is 9.53 Å². The number of nitrogens with one attached hydrogen (secondary N) is 1. The summed E-state index contributed by atoms with van der Waals surface area (Å²) in [6.07, 6.45) is 2.68. The summed E-state index contributed by atoms with van der Waals surface area (Å²) in [4.78, 5) is 14.6. The van der Waals surface area contributed by atoms with E-state index < -0.39 is 6.10 Å². The highest BCUT2D eigenvalue weighted by Gasteiger charge is 2.32. The monoisotopic (exact) mass is 274 g/mol. The predicted octanol–water partition coefficient (Wildman–Crippen LogP) is 1.51. The van der Waals surface area contributed by atoms with Crippen molar-refractivity contribution in [3.63, 3.8) is 0 Å². The Morgan fingerprint density at radius 2 is 2.25 bits per heavy atom. The molecule has 2 unspecified atom stereocenters. The van der Waals surface area contributed by atoms with E-state index in [-0.39, 0.29) is 11.9 Å². The summed E-state index contributed by atoms with van der Waals surface area (Å²) in [6, 6.07) is 8.41. The van der Waals surface area contributed by atoms with Gasteiger partial charge in [0.1, 0.15) is 0 Å². The maximum Gasteiger partial charge on any atom is 0.256 e. The second-order valence-corrected chi connectivity index (χ2v) is 5.65. The molecule has 2 aliphatic heterocycles. The highest BCUT2D eigenvalue weighted by molar-refractivity contribution is 5.83. The smallest absolute Gasteiger partial charge is 0.256 e. The molecule has 0 radical (unpaired) electrons. The van der Waals surface area contributed by atoms with Crippen molar-refractivity contribution in [3.05, 3.63) is 35.4 Å². The minimum atomic E-state index is -0.424. The second kappa shape index (κ2) is 5.94. The Hall–Kier alpha value is -1.39. The molecule has 2 heterocycles. The number of carbonyl (C=O) groups excluding carboxylic acids is 1. The minimum Gasteiger partial charge on any atom is -0.363 e. The van der Waals surface area contributed by atoms with Crippen molar-refractivity contribution in [1.82, 2.24) is 10.2 Å². The van der Waals surface area contributed by atoms with Crippen LogP contribution in [-0.2, 0) is 16.0 Å². The van der Waals surface area contributed by atoms with Crippen molar-refractivity contribution in [2.45, 2.75) is 31.4 Å². The number of carbonyl (C=O) groups is 1. The summed E-state index contributed by atoms with van der Waals surface area (Å²) in [7, 11) is 1.90. The van der Waals surface area contributed by atoms with Crippen molar-refractivity contribution in [1.29, 1.82) is 0 Å². The largest absolute Gasteiger partial charge is 0.363 e. The molecule has 3 rings (SSSR count). The third-order valence-electron chi connectivity index (χ3n) is 4.38. The van der Waals surface area contributed by atoms with Crippen molar-refractivity contribution >= 4 is 5.91 Å². The first kappa shape index (κ1) is 13.6. The molecule has 4 heteroatoms. The molecule has 0 spiro atoms. The van der Waals surface area contributed by atoms with Gasteiger partial charge in [-0.3, -0.25) is 4.79 Å². The molecule has 1 saturated heterocycles. The second-order valence-electron chi connectivity index (χ2n) is 5.65. The van der Waals surface area contributed by atoms with E-state index in [0.717, 1.165) is 37.9 Å². The summed E-state index contributed by atoms with van der Waals surface area (Å²) in [5.74, 6) is 0.0887. The number of rotatable bonds is 2. The fourth-order valence-electron chi connectivity index (χ4n) is 3.13. The lowest BCUT2D eigenvalue weighted by Crippen LogP contribution is -2.48. The van der Waals surface area contributed by atoms with E-state index >= 15 is 0 Å². The molecule has 1 N–H and O–H groups in total. The molecule has 0 aromatic heterocycles. The van der Waals surface area contributed by atoms with Gasteiger partial charge in [-0.2, -0.15) is 0 Å². The molecule has 0 saturated carbocycles. The number of benzene rings is 1. The Bertz CT molecular complexity index is 483. The Labute approximate surface area is 120 Å². The average molecular weight is 274 g/mol. The lowest BCUT2D eigenvalue weighted by molar-refractivity contribution is -0.146. The maximum absolute atomic E-state index is 12.7. The van der Waals surface area contributed by atoms with E-state index in [9.17, 15) is 4.79 Å². The van der Waals surface area contributed by atoms with Crippen LogP contribution in [0.2, 0.25) is 0 Å². The molecular formula is C16H22N2O2. The van der Waals surface area contributed by atoms with E-state index in [1.165, 1.54) is 5.56 Å². The lowest BCUT2D eigenvalue weighted by Gasteiger charge is -2.35. The molecule has 108 valence electrons. The van der Waals surface area contributed by atoms with Gasteiger partial charge in [-0.15, -0.1) is 0 Å². The summed E-state index contributed by atoms with van der Waals surface area (Å²) < 4.78 is 5.77. The van der Waals surface area contributed by atoms with E-state index in [4.69, 9.17) is 4.74 Å². The van der Waals surface area contributed by atoms with Crippen LogP contribution in [0.25, 0.3) is 0 Å². The third kappa shape index (κ3) is 2.58. The number of likely N-dealkylation sites (N-methyl/N-ethyl adjacent to an activating group) is 1. The van der Waals surface area contributed by atoms with Crippen LogP contribution < -0.4 is 5.32 Å². The first-order valence-electron chi connectivity index (χ1n) is 7.44. The van der Waals surface area contributed by atoms with E-state index in [2.05, 4.69) is 11.4 Å². The van der Waals surface area contributed by atoms with Crippen molar-refractivity contribution in [2.24, 2.45) is 0 Å². The molecule has 4 nitrogen and oxygen atoms in total. The van der Waals surface area contributed by atoms with Crippen molar-refractivity contribution in [2.75, 3.05) is 26.7 Å². The quantitative estimate of drug-likeness (QED) is 0.889. The predicted molar refractivity (Wildman–Crippen MR) is 77.5 cm³/mol. The van der Waals surface area contributed by atoms with Gasteiger partial charge in [0, 0.05) is 19.6 Å². The van der Waals surface area contributed by atoms with Gasteiger partial charge in [-0.25, -0.2) is 0 Å². The number of ether oxygens (including phenoxy) is 1.